The molecule has 1 aromatic carbocycles. The molecule has 1 fully saturated rings. The van der Waals surface area contributed by atoms with Crippen LogP contribution >= 0.6 is 0 Å². The standard InChI is InChI=1S/C11H10NO2/c1-2-12-8-14-10(11(12)13)9-6-4-3-5-7-9/h2-8,10H,1H2/q-1. The Morgan fingerprint density at radius 3 is 2.71 bits per heavy atom. The number of ether oxygens (including phenoxy) is 1. The summed E-state index contributed by atoms with van der Waals surface area (Å²) in [7, 11) is 0. The zero-order chi connectivity index (χ0) is 9.97. The van der Waals surface area contributed by atoms with Gasteiger partial charge >= 0.3 is 0 Å². The predicted octanol–water partition coefficient (Wildman–Crippen LogP) is 1.85. The summed E-state index contributed by atoms with van der Waals surface area (Å²) in [6.45, 7) is 4.90. The number of carbonyl (C=O) groups excluding carboxylic acids is 1. The Kier molecular flexibility index (Phi) is 2.33. The molecule has 1 saturated heterocycles. The summed E-state index contributed by atoms with van der Waals surface area (Å²) < 4.78 is 5.23. The van der Waals surface area contributed by atoms with Crippen LogP contribution in [0.2, 0.25) is 0 Å². The molecule has 3 nitrogen and oxygen atoms in total. The van der Waals surface area contributed by atoms with Crippen LogP contribution in [-0.4, -0.2) is 10.8 Å². The van der Waals surface area contributed by atoms with E-state index in [2.05, 4.69) is 6.58 Å². The summed E-state index contributed by atoms with van der Waals surface area (Å²) in [5.41, 5.74) is 0.859. The molecule has 0 N–H and O–H groups in total. The van der Waals surface area contributed by atoms with Crippen LogP contribution in [0.25, 0.3) is 0 Å². The molecule has 1 aromatic rings. The minimum atomic E-state index is -0.519. The van der Waals surface area contributed by atoms with E-state index in [4.69, 9.17) is 4.74 Å². The van der Waals surface area contributed by atoms with Gasteiger partial charge < -0.3 is 9.64 Å². The molecule has 1 unspecified atom stereocenters. The van der Waals surface area contributed by atoms with Crippen molar-refractivity contribution in [3.05, 3.63) is 55.4 Å². The van der Waals surface area contributed by atoms with E-state index in [1.807, 2.05) is 30.3 Å². The van der Waals surface area contributed by atoms with Gasteiger partial charge in [0.2, 0.25) is 5.91 Å². The number of hydrogen-bond acceptors (Lipinski definition) is 2. The maximum atomic E-state index is 11.6. The molecule has 2 rings (SSSR count). The normalized spacial score (nSPS) is 21.3. The number of hydrogen-bond donors (Lipinski definition) is 0. The van der Waals surface area contributed by atoms with Gasteiger partial charge in [-0.15, -0.1) is 6.73 Å². The van der Waals surface area contributed by atoms with Gasteiger partial charge in [0.1, 0.15) is 6.10 Å². The van der Waals surface area contributed by atoms with E-state index >= 15 is 0 Å². The summed E-state index contributed by atoms with van der Waals surface area (Å²) in [6.07, 6.45) is 0.917. The maximum Gasteiger partial charge on any atom is 0.230 e. The Hall–Kier alpha value is -1.61. The molecule has 1 atom stereocenters. The summed E-state index contributed by atoms with van der Waals surface area (Å²) in [4.78, 5) is 13.0. The number of carbonyl (C=O) groups is 1. The average Bonchev–Trinajstić information content (AvgIpc) is 2.61. The van der Waals surface area contributed by atoms with Crippen molar-refractivity contribution in [2.24, 2.45) is 0 Å². The van der Waals surface area contributed by atoms with Crippen LogP contribution in [0.3, 0.4) is 0 Å². The van der Waals surface area contributed by atoms with E-state index in [1.165, 1.54) is 17.8 Å². The molecule has 1 heterocycles. The summed E-state index contributed by atoms with van der Waals surface area (Å²) >= 11 is 0. The van der Waals surface area contributed by atoms with Gasteiger partial charge in [0.25, 0.3) is 0 Å². The molecule has 1 amide bonds. The topological polar surface area (TPSA) is 29.5 Å². The lowest BCUT2D eigenvalue weighted by atomic mass is 10.1. The van der Waals surface area contributed by atoms with E-state index < -0.39 is 6.10 Å². The first kappa shape index (κ1) is 8.97. The second kappa shape index (κ2) is 3.64. The zero-order valence-corrected chi connectivity index (χ0v) is 7.59. The molecule has 14 heavy (non-hydrogen) atoms. The molecule has 0 bridgehead atoms. The van der Waals surface area contributed by atoms with Crippen molar-refractivity contribution in [2.75, 3.05) is 0 Å². The van der Waals surface area contributed by atoms with Crippen molar-refractivity contribution in [3.8, 4) is 0 Å². The quantitative estimate of drug-likeness (QED) is 0.663. The van der Waals surface area contributed by atoms with Gasteiger partial charge in [-0.1, -0.05) is 36.9 Å². The number of benzene rings is 1. The highest BCUT2D eigenvalue weighted by Gasteiger charge is 2.24. The second-order valence-corrected chi connectivity index (χ2v) is 2.96. The summed E-state index contributed by atoms with van der Waals surface area (Å²) in [5.74, 6) is -0.105. The van der Waals surface area contributed by atoms with E-state index in [-0.39, 0.29) is 5.91 Å². The molecule has 1 aliphatic heterocycles. The first-order valence-electron chi connectivity index (χ1n) is 4.31. The third-order valence-corrected chi connectivity index (χ3v) is 2.09. The highest BCUT2D eigenvalue weighted by Crippen LogP contribution is 2.27. The maximum absolute atomic E-state index is 11.6. The molecule has 3 heteroatoms. The van der Waals surface area contributed by atoms with Crippen LogP contribution in [0, 0.1) is 6.73 Å². The Morgan fingerprint density at radius 2 is 2.14 bits per heavy atom. The minimum absolute atomic E-state index is 0.105. The Morgan fingerprint density at radius 1 is 1.43 bits per heavy atom. The van der Waals surface area contributed by atoms with Crippen molar-refractivity contribution >= 4 is 5.91 Å². The van der Waals surface area contributed by atoms with E-state index in [9.17, 15) is 4.79 Å². The van der Waals surface area contributed by atoms with E-state index in [0.717, 1.165) is 5.56 Å². The van der Waals surface area contributed by atoms with Gasteiger partial charge in [0, 0.05) is 0 Å². The third kappa shape index (κ3) is 1.42. The lowest BCUT2D eigenvalue weighted by Gasteiger charge is -2.16. The van der Waals surface area contributed by atoms with Crippen LogP contribution < -0.4 is 0 Å². The van der Waals surface area contributed by atoms with Gasteiger partial charge in [-0.05, 0) is 11.8 Å². The minimum Gasteiger partial charge on any atom is -0.518 e. The van der Waals surface area contributed by atoms with E-state index in [1.54, 1.807) is 0 Å². The Balaban J connectivity index is 2.22. The molecular weight excluding hydrogens is 178 g/mol. The van der Waals surface area contributed by atoms with Crippen molar-refractivity contribution in [3.63, 3.8) is 0 Å². The first-order valence-corrected chi connectivity index (χ1v) is 4.31. The first-order chi connectivity index (χ1) is 6.83. The molecule has 0 aliphatic carbocycles. The third-order valence-electron chi connectivity index (χ3n) is 2.09. The SMILES string of the molecule is C=CN1[CH-]OC(c2ccccc2)C1=O. The Labute approximate surface area is 82.6 Å². The van der Waals surface area contributed by atoms with Crippen LogP contribution in [0.5, 0.6) is 0 Å². The molecule has 0 aromatic heterocycles. The lowest BCUT2D eigenvalue weighted by molar-refractivity contribution is -0.128. The van der Waals surface area contributed by atoms with Crippen molar-refractivity contribution in [1.82, 2.24) is 4.90 Å². The zero-order valence-electron chi connectivity index (χ0n) is 7.59. The van der Waals surface area contributed by atoms with Gasteiger partial charge in [-0.25, -0.2) is 0 Å². The van der Waals surface area contributed by atoms with Crippen LogP contribution in [0.1, 0.15) is 11.7 Å². The Bertz CT molecular complexity index is 348. The fourth-order valence-corrected chi connectivity index (χ4v) is 1.35. The van der Waals surface area contributed by atoms with Gasteiger partial charge in [0.15, 0.2) is 0 Å². The fourth-order valence-electron chi connectivity index (χ4n) is 1.35. The van der Waals surface area contributed by atoms with Gasteiger partial charge in [-0.2, -0.15) is 0 Å². The smallest absolute Gasteiger partial charge is 0.230 e. The molecule has 0 spiro atoms. The number of rotatable bonds is 2. The monoisotopic (exact) mass is 188 g/mol. The highest BCUT2D eigenvalue weighted by atomic mass is 16.5. The predicted molar refractivity (Wildman–Crippen MR) is 51.6 cm³/mol. The van der Waals surface area contributed by atoms with Crippen LogP contribution in [0.15, 0.2) is 43.1 Å². The van der Waals surface area contributed by atoms with Crippen LogP contribution in [0.4, 0.5) is 0 Å². The molecule has 0 radical (unpaired) electrons. The molecular formula is C11H10NO2-. The number of amides is 1. The van der Waals surface area contributed by atoms with Gasteiger partial charge in [-0.3, -0.25) is 4.79 Å². The summed E-state index contributed by atoms with van der Waals surface area (Å²) in [6, 6.07) is 9.38. The summed E-state index contributed by atoms with van der Waals surface area (Å²) in [5, 5.41) is 0. The molecule has 1 aliphatic rings. The van der Waals surface area contributed by atoms with Crippen molar-refractivity contribution in [1.29, 1.82) is 0 Å². The number of nitrogens with zero attached hydrogens (tertiary/aromatic N) is 1. The lowest BCUT2D eigenvalue weighted by Crippen LogP contribution is -2.18. The molecule has 72 valence electrons. The largest absolute Gasteiger partial charge is 0.518 e. The van der Waals surface area contributed by atoms with Crippen LogP contribution in [-0.2, 0) is 9.53 Å². The fraction of sp³-hybridized carbons (Fsp3) is 0.0909. The highest BCUT2D eigenvalue weighted by molar-refractivity contribution is 5.85. The van der Waals surface area contributed by atoms with E-state index in [0.29, 0.717) is 0 Å². The second-order valence-electron chi connectivity index (χ2n) is 2.96. The average molecular weight is 188 g/mol. The van der Waals surface area contributed by atoms with Crippen molar-refractivity contribution < 1.29 is 9.53 Å². The van der Waals surface area contributed by atoms with Gasteiger partial charge in [0.05, 0.1) is 0 Å². The molecule has 0 saturated carbocycles. The van der Waals surface area contributed by atoms with Crippen molar-refractivity contribution in [2.45, 2.75) is 6.10 Å².